The number of hydrogen-bond donors (Lipinski definition) is 2. The van der Waals surface area contributed by atoms with E-state index in [9.17, 15) is 0 Å². The number of fused-ring (bicyclic) bond motifs is 1. The molecule has 1 heterocycles. The van der Waals surface area contributed by atoms with Gasteiger partial charge in [0.05, 0.1) is 22.7 Å². The van der Waals surface area contributed by atoms with E-state index in [2.05, 4.69) is 15.3 Å². The number of ether oxygens (including phenoxy) is 2. The molecule has 0 bridgehead atoms. The molecular weight excluding hydrogens is 457 g/mol. The molecule has 4 aromatic rings. The van der Waals surface area contributed by atoms with Gasteiger partial charge in [-0.2, -0.15) is 0 Å². The Hall–Kier alpha value is -2.73. The van der Waals surface area contributed by atoms with Crippen LogP contribution in [0.5, 0.6) is 11.5 Å². The highest BCUT2D eigenvalue weighted by Crippen LogP contribution is 2.37. The van der Waals surface area contributed by atoms with Gasteiger partial charge in [0.15, 0.2) is 11.5 Å². The Morgan fingerprint density at radius 2 is 1.85 bits per heavy atom. The van der Waals surface area contributed by atoms with Crippen LogP contribution in [0.4, 0.5) is 0 Å². The molecule has 0 radical (unpaired) electrons. The number of nitrogens with one attached hydrogen (secondary N) is 2. The number of aryl methyl sites for hydroxylation is 1. The van der Waals surface area contributed by atoms with E-state index in [1.54, 1.807) is 0 Å². The second-order valence-corrected chi connectivity index (χ2v) is 8.58. The van der Waals surface area contributed by atoms with Crippen molar-refractivity contribution in [2.45, 2.75) is 32.9 Å². The number of benzene rings is 3. The number of nitrogens with zero attached hydrogens (tertiary/aromatic N) is 1. The molecule has 0 aliphatic carbocycles. The molecule has 0 saturated heterocycles. The third-order valence-electron chi connectivity index (χ3n) is 5.18. The molecule has 172 valence electrons. The number of H-pyrrole nitrogens is 1. The van der Waals surface area contributed by atoms with Gasteiger partial charge in [0.1, 0.15) is 12.4 Å². The fourth-order valence-corrected chi connectivity index (χ4v) is 4.15. The summed E-state index contributed by atoms with van der Waals surface area (Å²) in [6.07, 6.45) is 1.87. The first-order valence-corrected chi connectivity index (χ1v) is 11.8. The number of imidazole rings is 1. The van der Waals surface area contributed by atoms with Crippen molar-refractivity contribution >= 4 is 34.2 Å². The molecule has 0 spiro atoms. The fraction of sp³-hybridized carbons (Fsp3) is 0.269. The van der Waals surface area contributed by atoms with Gasteiger partial charge in [-0.3, -0.25) is 0 Å². The minimum Gasteiger partial charge on any atom is -0.490 e. The van der Waals surface area contributed by atoms with Crippen LogP contribution in [0.1, 0.15) is 30.3 Å². The summed E-state index contributed by atoms with van der Waals surface area (Å²) in [4.78, 5) is 8.00. The summed E-state index contributed by atoms with van der Waals surface area (Å²) in [7, 11) is 0. The molecule has 0 aliphatic rings. The Kier molecular flexibility index (Phi) is 8.10. The number of hydrogen-bond acceptors (Lipinski definition) is 4. The van der Waals surface area contributed by atoms with Crippen molar-refractivity contribution in [3.05, 3.63) is 87.7 Å². The maximum Gasteiger partial charge on any atom is 0.180 e. The van der Waals surface area contributed by atoms with Crippen LogP contribution in [0.15, 0.2) is 60.7 Å². The number of rotatable bonds is 11. The summed E-state index contributed by atoms with van der Waals surface area (Å²) in [6, 6.07) is 19.6. The van der Waals surface area contributed by atoms with Crippen LogP contribution >= 0.6 is 23.2 Å². The minimum absolute atomic E-state index is 0.361. The molecule has 2 N–H and O–H groups in total. The number of aromatic amines is 1. The largest absolute Gasteiger partial charge is 0.490 e. The van der Waals surface area contributed by atoms with Crippen molar-refractivity contribution in [3.63, 3.8) is 0 Å². The van der Waals surface area contributed by atoms with E-state index in [0.29, 0.717) is 41.3 Å². The maximum absolute atomic E-state index is 6.56. The average molecular weight is 484 g/mol. The normalized spacial score (nSPS) is 11.1. The molecule has 7 heteroatoms. The van der Waals surface area contributed by atoms with Crippen LogP contribution in [0.2, 0.25) is 10.0 Å². The zero-order valence-electron chi connectivity index (χ0n) is 18.5. The van der Waals surface area contributed by atoms with Gasteiger partial charge in [0, 0.05) is 18.0 Å². The topological polar surface area (TPSA) is 59.2 Å². The highest BCUT2D eigenvalue weighted by atomic mass is 35.5. The smallest absolute Gasteiger partial charge is 0.180 e. The maximum atomic E-state index is 6.56. The van der Waals surface area contributed by atoms with Crippen LogP contribution in [0, 0.1) is 0 Å². The Bertz CT molecular complexity index is 1180. The SMILES string of the molecule is CCOc1cc(CNCCCc2nc3ccccc3[nH]2)cc(Cl)c1OCc1cccc(Cl)c1. The van der Waals surface area contributed by atoms with Gasteiger partial charge in [-0.25, -0.2) is 4.98 Å². The Balaban J connectivity index is 1.31. The molecule has 3 aromatic carbocycles. The van der Waals surface area contributed by atoms with Gasteiger partial charge in [0.2, 0.25) is 0 Å². The Morgan fingerprint density at radius 3 is 2.67 bits per heavy atom. The molecule has 0 saturated carbocycles. The van der Waals surface area contributed by atoms with Crippen molar-refractivity contribution in [2.75, 3.05) is 13.2 Å². The van der Waals surface area contributed by atoms with Gasteiger partial charge in [-0.1, -0.05) is 47.5 Å². The second kappa shape index (κ2) is 11.4. The van der Waals surface area contributed by atoms with Crippen LogP contribution in [0.25, 0.3) is 11.0 Å². The molecule has 0 atom stereocenters. The quantitative estimate of drug-likeness (QED) is 0.237. The Morgan fingerprint density at radius 1 is 0.970 bits per heavy atom. The van der Waals surface area contributed by atoms with E-state index >= 15 is 0 Å². The van der Waals surface area contributed by atoms with Crippen molar-refractivity contribution in [1.29, 1.82) is 0 Å². The van der Waals surface area contributed by atoms with Crippen molar-refractivity contribution < 1.29 is 9.47 Å². The minimum atomic E-state index is 0.361. The second-order valence-electron chi connectivity index (χ2n) is 7.74. The lowest BCUT2D eigenvalue weighted by Crippen LogP contribution is -2.15. The monoisotopic (exact) mass is 483 g/mol. The molecule has 0 unspecified atom stereocenters. The zero-order valence-corrected chi connectivity index (χ0v) is 20.0. The van der Waals surface area contributed by atoms with E-state index in [1.807, 2.05) is 67.6 Å². The molecule has 0 amide bonds. The van der Waals surface area contributed by atoms with E-state index in [-0.39, 0.29) is 0 Å². The third kappa shape index (κ3) is 6.41. The highest BCUT2D eigenvalue weighted by Gasteiger charge is 2.13. The first kappa shape index (κ1) is 23.4. The van der Waals surface area contributed by atoms with Crippen molar-refractivity contribution in [3.8, 4) is 11.5 Å². The lowest BCUT2D eigenvalue weighted by Gasteiger charge is -2.16. The van der Waals surface area contributed by atoms with Crippen LogP contribution in [-0.4, -0.2) is 23.1 Å². The molecular formula is C26H27Cl2N3O2. The summed E-state index contributed by atoms with van der Waals surface area (Å²) < 4.78 is 11.8. The van der Waals surface area contributed by atoms with Gasteiger partial charge in [-0.15, -0.1) is 0 Å². The molecule has 5 nitrogen and oxygen atoms in total. The van der Waals surface area contributed by atoms with Gasteiger partial charge >= 0.3 is 0 Å². The summed E-state index contributed by atoms with van der Waals surface area (Å²) in [5.41, 5.74) is 4.10. The standard InChI is InChI=1S/C26H27Cl2N3O2/c1-2-32-24-15-19(14-21(28)26(24)33-17-18-7-5-8-20(27)13-18)16-29-12-6-11-25-30-22-9-3-4-10-23(22)31-25/h3-5,7-10,13-15,29H,2,6,11-12,16-17H2,1H3,(H,30,31). The Labute approximate surface area is 204 Å². The highest BCUT2D eigenvalue weighted by molar-refractivity contribution is 6.32. The fourth-order valence-electron chi connectivity index (χ4n) is 3.65. The molecule has 33 heavy (non-hydrogen) atoms. The average Bonchev–Trinajstić information content (AvgIpc) is 3.21. The summed E-state index contributed by atoms with van der Waals surface area (Å²) in [5.74, 6) is 2.21. The number of para-hydroxylation sites is 2. The summed E-state index contributed by atoms with van der Waals surface area (Å²) >= 11 is 12.6. The molecule has 0 aliphatic heterocycles. The van der Waals surface area contributed by atoms with Gasteiger partial charge in [0.25, 0.3) is 0 Å². The van der Waals surface area contributed by atoms with Gasteiger partial charge < -0.3 is 19.8 Å². The first-order chi connectivity index (χ1) is 16.1. The third-order valence-corrected chi connectivity index (χ3v) is 5.69. The first-order valence-electron chi connectivity index (χ1n) is 11.1. The van der Waals surface area contributed by atoms with Crippen LogP contribution in [0.3, 0.4) is 0 Å². The molecule has 1 aromatic heterocycles. The predicted octanol–water partition coefficient (Wildman–Crippen LogP) is 6.57. The summed E-state index contributed by atoms with van der Waals surface area (Å²) in [6.45, 7) is 4.38. The van der Waals surface area contributed by atoms with Gasteiger partial charge in [-0.05, 0) is 67.4 Å². The lowest BCUT2D eigenvalue weighted by molar-refractivity contribution is 0.269. The number of halogens is 2. The lowest BCUT2D eigenvalue weighted by atomic mass is 10.2. The number of aromatic nitrogens is 2. The van der Waals surface area contributed by atoms with E-state index in [1.165, 1.54) is 0 Å². The van der Waals surface area contributed by atoms with E-state index in [4.69, 9.17) is 32.7 Å². The van der Waals surface area contributed by atoms with E-state index < -0.39 is 0 Å². The molecule has 0 fully saturated rings. The van der Waals surface area contributed by atoms with Crippen LogP contribution in [-0.2, 0) is 19.6 Å². The van der Waals surface area contributed by atoms with Crippen molar-refractivity contribution in [2.24, 2.45) is 0 Å². The zero-order chi connectivity index (χ0) is 23.0. The predicted molar refractivity (Wildman–Crippen MR) is 135 cm³/mol. The summed E-state index contributed by atoms with van der Waals surface area (Å²) in [5, 5.41) is 4.68. The van der Waals surface area contributed by atoms with Crippen molar-refractivity contribution in [1.82, 2.24) is 15.3 Å². The van der Waals surface area contributed by atoms with E-state index in [0.717, 1.165) is 47.4 Å². The molecule has 4 rings (SSSR count). The van der Waals surface area contributed by atoms with Crippen LogP contribution < -0.4 is 14.8 Å².